The number of methoxy groups -OCH3 is 1. The molecule has 1 aliphatic heterocycles. The quantitative estimate of drug-likeness (QED) is 0.565. The maximum Gasteiger partial charge on any atom is 0.410 e. The highest BCUT2D eigenvalue weighted by Gasteiger charge is 2.32. The molecule has 8 nitrogen and oxygen atoms in total. The number of hydrogen-bond donors (Lipinski definition) is 0. The van der Waals surface area contributed by atoms with Crippen LogP contribution in [0, 0.1) is 0 Å². The molecular formula is C27H33N3O5. The molecule has 0 saturated carbocycles. The van der Waals surface area contributed by atoms with Crippen LogP contribution in [0.1, 0.15) is 65.6 Å². The van der Waals surface area contributed by atoms with Crippen LogP contribution in [-0.4, -0.2) is 64.6 Å². The summed E-state index contributed by atoms with van der Waals surface area (Å²) in [6, 6.07) is 10.4. The zero-order valence-electron chi connectivity index (χ0n) is 20.8. The Hall–Kier alpha value is -3.68. The summed E-state index contributed by atoms with van der Waals surface area (Å²) in [5.41, 5.74) is 1.94. The summed E-state index contributed by atoms with van der Waals surface area (Å²) < 4.78 is 10.3. The minimum absolute atomic E-state index is 0.0812. The third kappa shape index (κ3) is 6.91. The van der Waals surface area contributed by atoms with E-state index in [2.05, 4.69) is 11.6 Å². The summed E-state index contributed by atoms with van der Waals surface area (Å²) in [4.78, 5) is 45.6. The van der Waals surface area contributed by atoms with Crippen molar-refractivity contribution in [2.75, 3.05) is 20.2 Å². The van der Waals surface area contributed by atoms with Gasteiger partial charge in [-0.3, -0.25) is 9.78 Å². The lowest BCUT2D eigenvalue weighted by Gasteiger charge is -2.39. The molecule has 2 aromatic rings. The molecule has 0 unspecified atom stereocenters. The number of carbonyl (C=O) groups is 3. The molecule has 0 atom stereocenters. The van der Waals surface area contributed by atoms with Crippen molar-refractivity contribution in [1.82, 2.24) is 14.8 Å². The monoisotopic (exact) mass is 479 g/mol. The normalized spacial score (nSPS) is 14.2. The molecule has 35 heavy (non-hydrogen) atoms. The number of pyridine rings is 1. The molecule has 2 heterocycles. The van der Waals surface area contributed by atoms with E-state index >= 15 is 0 Å². The highest BCUT2D eigenvalue weighted by atomic mass is 16.6. The standard InChI is InChI=1S/C27H33N3O5/c1-6-19-9-12-23(28-17-19)24(31)30(18-20-7-10-21(11-8-20)25(32)34-5)22-13-15-29(16-14-22)26(33)35-27(2,3)4/h6-12,17,22H,1,13-16,18H2,2-5H3. The van der Waals surface area contributed by atoms with Gasteiger partial charge in [0.05, 0.1) is 12.7 Å². The minimum Gasteiger partial charge on any atom is -0.465 e. The van der Waals surface area contributed by atoms with E-state index in [0.717, 1.165) is 11.1 Å². The fourth-order valence-corrected chi connectivity index (χ4v) is 3.91. The molecule has 0 N–H and O–H groups in total. The molecular weight excluding hydrogens is 446 g/mol. The van der Waals surface area contributed by atoms with E-state index in [1.54, 1.807) is 40.3 Å². The lowest BCUT2D eigenvalue weighted by atomic mass is 10.0. The average molecular weight is 480 g/mol. The molecule has 8 heteroatoms. The van der Waals surface area contributed by atoms with Gasteiger partial charge in [-0.1, -0.05) is 30.9 Å². The number of rotatable bonds is 6. The average Bonchev–Trinajstić information content (AvgIpc) is 2.86. The van der Waals surface area contributed by atoms with Crippen molar-refractivity contribution in [2.24, 2.45) is 0 Å². The summed E-state index contributed by atoms with van der Waals surface area (Å²) in [6.07, 6.45) is 4.20. The molecule has 0 spiro atoms. The molecule has 1 saturated heterocycles. The minimum atomic E-state index is -0.560. The van der Waals surface area contributed by atoms with Crippen molar-refractivity contribution in [3.05, 3.63) is 71.6 Å². The predicted octanol–water partition coefficient (Wildman–Crippen LogP) is 4.55. The van der Waals surface area contributed by atoms with Crippen molar-refractivity contribution in [1.29, 1.82) is 0 Å². The highest BCUT2D eigenvalue weighted by Crippen LogP contribution is 2.23. The van der Waals surface area contributed by atoms with Gasteiger partial charge in [-0.05, 0) is 62.9 Å². The van der Waals surface area contributed by atoms with Gasteiger partial charge in [0.1, 0.15) is 11.3 Å². The lowest BCUT2D eigenvalue weighted by molar-refractivity contribution is 0.0141. The van der Waals surface area contributed by atoms with Gasteiger partial charge in [-0.25, -0.2) is 9.59 Å². The first kappa shape index (κ1) is 25.9. The number of esters is 1. The Balaban J connectivity index is 1.78. The first-order chi connectivity index (χ1) is 16.6. The second-order valence-electron chi connectivity index (χ2n) is 9.50. The van der Waals surface area contributed by atoms with E-state index in [1.807, 2.05) is 39.0 Å². The van der Waals surface area contributed by atoms with E-state index in [0.29, 0.717) is 43.7 Å². The summed E-state index contributed by atoms with van der Waals surface area (Å²) in [5, 5.41) is 0. The van der Waals surface area contributed by atoms with E-state index in [9.17, 15) is 14.4 Å². The zero-order chi connectivity index (χ0) is 25.6. The molecule has 3 rings (SSSR count). The van der Waals surface area contributed by atoms with Crippen LogP contribution < -0.4 is 0 Å². The number of aromatic nitrogens is 1. The maximum atomic E-state index is 13.5. The maximum absolute atomic E-state index is 13.5. The Labute approximate surface area is 206 Å². The van der Waals surface area contributed by atoms with Crippen molar-refractivity contribution in [3.63, 3.8) is 0 Å². The Morgan fingerprint density at radius 2 is 1.77 bits per heavy atom. The number of carbonyl (C=O) groups excluding carboxylic acids is 3. The molecule has 0 bridgehead atoms. The Morgan fingerprint density at radius 1 is 1.11 bits per heavy atom. The lowest BCUT2D eigenvalue weighted by Crippen LogP contribution is -2.49. The topological polar surface area (TPSA) is 89.0 Å². The third-order valence-electron chi connectivity index (χ3n) is 5.79. The Bertz CT molecular complexity index is 1050. The first-order valence-corrected chi connectivity index (χ1v) is 11.7. The summed E-state index contributed by atoms with van der Waals surface area (Å²) in [5.74, 6) is -0.598. The van der Waals surface area contributed by atoms with E-state index in [4.69, 9.17) is 9.47 Å². The second-order valence-corrected chi connectivity index (χ2v) is 9.50. The van der Waals surface area contributed by atoms with Crippen LogP contribution >= 0.6 is 0 Å². The number of amides is 2. The number of hydrogen-bond acceptors (Lipinski definition) is 6. The van der Waals surface area contributed by atoms with Gasteiger partial charge in [-0.15, -0.1) is 0 Å². The van der Waals surface area contributed by atoms with E-state index in [1.165, 1.54) is 7.11 Å². The number of benzene rings is 1. The number of ether oxygens (including phenoxy) is 2. The van der Waals surface area contributed by atoms with Crippen LogP contribution in [0.2, 0.25) is 0 Å². The predicted molar refractivity (Wildman–Crippen MR) is 133 cm³/mol. The van der Waals surface area contributed by atoms with Gasteiger partial charge < -0.3 is 19.3 Å². The van der Waals surface area contributed by atoms with Crippen molar-refractivity contribution in [2.45, 2.75) is 51.8 Å². The van der Waals surface area contributed by atoms with Gasteiger partial charge in [0, 0.05) is 31.9 Å². The third-order valence-corrected chi connectivity index (χ3v) is 5.79. The number of likely N-dealkylation sites (tertiary alicyclic amines) is 1. The van der Waals surface area contributed by atoms with Gasteiger partial charge in [-0.2, -0.15) is 0 Å². The molecule has 186 valence electrons. The number of piperidine rings is 1. The molecule has 1 aliphatic rings. The van der Waals surface area contributed by atoms with Crippen LogP contribution in [0.25, 0.3) is 6.08 Å². The molecule has 0 radical (unpaired) electrons. The van der Waals surface area contributed by atoms with Gasteiger partial charge in [0.2, 0.25) is 0 Å². The Kier molecular flexibility index (Phi) is 8.27. The van der Waals surface area contributed by atoms with Gasteiger partial charge in [0.15, 0.2) is 0 Å². The molecule has 1 fully saturated rings. The van der Waals surface area contributed by atoms with Crippen LogP contribution in [-0.2, 0) is 16.0 Å². The van der Waals surface area contributed by atoms with E-state index in [-0.39, 0.29) is 18.0 Å². The second kappa shape index (κ2) is 11.2. The van der Waals surface area contributed by atoms with Crippen molar-refractivity contribution >= 4 is 24.0 Å². The largest absolute Gasteiger partial charge is 0.465 e. The highest BCUT2D eigenvalue weighted by molar-refractivity contribution is 5.93. The summed E-state index contributed by atoms with van der Waals surface area (Å²) in [7, 11) is 1.34. The van der Waals surface area contributed by atoms with Gasteiger partial charge >= 0.3 is 12.1 Å². The zero-order valence-corrected chi connectivity index (χ0v) is 20.8. The van der Waals surface area contributed by atoms with Crippen LogP contribution in [0.4, 0.5) is 4.79 Å². The fraction of sp³-hybridized carbons (Fsp3) is 0.407. The summed E-state index contributed by atoms with van der Waals surface area (Å²) in [6.45, 7) is 10.6. The SMILES string of the molecule is C=Cc1ccc(C(=O)N(Cc2ccc(C(=O)OC)cc2)C2CCN(C(=O)OC(C)(C)C)CC2)nc1. The number of nitrogens with zero attached hydrogens (tertiary/aromatic N) is 3. The van der Waals surface area contributed by atoms with Crippen molar-refractivity contribution < 1.29 is 23.9 Å². The molecule has 0 aliphatic carbocycles. The van der Waals surface area contributed by atoms with E-state index < -0.39 is 11.6 Å². The smallest absolute Gasteiger partial charge is 0.410 e. The Morgan fingerprint density at radius 3 is 2.29 bits per heavy atom. The summed E-state index contributed by atoms with van der Waals surface area (Å²) >= 11 is 0. The van der Waals surface area contributed by atoms with Crippen LogP contribution in [0.3, 0.4) is 0 Å². The van der Waals surface area contributed by atoms with Crippen LogP contribution in [0.5, 0.6) is 0 Å². The fourth-order valence-electron chi connectivity index (χ4n) is 3.91. The molecule has 1 aromatic carbocycles. The first-order valence-electron chi connectivity index (χ1n) is 11.7. The molecule has 1 aromatic heterocycles. The molecule has 2 amide bonds. The van der Waals surface area contributed by atoms with Crippen molar-refractivity contribution in [3.8, 4) is 0 Å². The van der Waals surface area contributed by atoms with Crippen LogP contribution in [0.15, 0.2) is 49.2 Å². The van der Waals surface area contributed by atoms with Gasteiger partial charge in [0.25, 0.3) is 5.91 Å².